The molecule has 3 aromatic rings. The molecule has 0 radical (unpaired) electrons. The van der Waals surface area contributed by atoms with Gasteiger partial charge in [-0.1, -0.05) is 37.3 Å². The molecule has 7 nitrogen and oxygen atoms in total. The molecular formula is C26H33N3O4. The predicted molar refractivity (Wildman–Crippen MR) is 127 cm³/mol. The maximum atomic E-state index is 13.4. The zero-order chi connectivity index (χ0) is 23.6. The first kappa shape index (κ1) is 24.3. The second-order valence-corrected chi connectivity index (χ2v) is 8.09. The lowest BCUT2D eigenvalue weighted by molar-refractivity contribution is -0.133. The number of ether oxygens (including phenoxy) is 1. The summed E-state index contributed by atoms with van der Waals surface area (Å²) >= 11 is 0. The zero-order valence-electron chi connectivity index (χ0n) is 19.6. The molecular weight excluding hydrogens is 418 g/mol. The summed E-state index contributed by atoms with van der Waals surface area (Å²) in [5.74, 6) is -0.162. The number of carbonyl (C=O) groups is 2. The molecule has 0 N–H and O–H groups in total. The third-order valence-corrected chi connectivity index (χ3v) is 5.81. The van der Waals surface area contributed by atoms with E-state index in [1.54, 1.807) is 29.0 Å². The van der Waals surface area contributed by atoms with Crippen LogP contribution in [0.4, 0.5) is 0 Å². The molecule has 176 valence electrons. The number of furan rings is 1. The van der Waals surface area contributed by atoms with Gasteiger partial charge in [0.1, 0.15) is 6.54 Å². The van der Waals surface area contributed by atoms with Gasteiger partial charge in [-0.3, -0.25) is 9.59 Å². The van der Waals surface area contributed by atoms with E-state index in [4.69, 9.17) is 9.15 Å². The van der Waals surface area contributed by atoms with Gasteiger partial charge in [0, 0.05) is 38.1 Å². The van der Waals surface area contributed by atoms with Gasteiger partial charge in [-0.05, 0) is 43.2 Å². The molecule has 7 heteroatoms. The van der Waals surface area contributed by atoms with Crippen molar-refractivity contribution in [3.05, 3.63) is 84.1 Å². The first-order valence-electron chi connectivity index (χ1n) is 11.3. The van der Waals surface area contributed by atoms with E-state index < -0.39 is 0 Å². The number of benzene rings is 1. The van der Waals surface area contributed by atoms with Gasteiger partial charge in [0.15, 0.2) is 5.76 Å². The van der Waals surface area contributed by atoms with Gasteiger partial charge in [0.2, 0.25) is 5.91 Å². The van der Waals surface area contributed by atoms with Crippen LogP contribution in [0.5, 0.6) is 0 Å². The fourth-order valence-corrected chi connectivity index (χ4v) is 3.65. The number of hydrogen-bond acceptors (Lipinski definition) is 4. The van der Waals surface area contributed by atoms with Crippen LogP contribution in [0, 0.1) is 0 Å². The Balaban J connectivity index is 1.76. The third-order valence-electron chi connectivity index (χ3n) is 5.81. The number of hydrogen-bond donors (Lipinski definition) is 0. The monoisotopic (exact) mass is 451 g/mol. The summed E-state index contributed by atoms with van der Waals surface area (Å²) < 4.78 is 12.7. The molecule has 0 fully saturated rings. The number of rotatable bonds is 12. The highest BCUT2D eigenvalue weighted by Crippen LogP contribution is 2.15. The Morgan fingerprint density at radius 1 is 1.09 bits per heavy atom. The molecule has 33 heavy (non-hydrogen) atoms. The Bertz CT molecular complexity index is 998. The van der Waals surface area contributed by atoms with E-state index in [1.807, 2.05) is 50.4 Å². The molecule has 1 atom stereocenters. The molecule has 0 spiro atoms. The molecule has 2 aromatic heterocycles. The Labute approximate surface area is 195 Å². The van der Waals surface area contributed by atoms with Crippen LogP contribution in [0.1, 0.15) is 42.1 Å². The van der Waals surface area contributed by atoms with Crippen molar-refractivity contribution < 1.29 is 18.7 Å². The summed E-state index contributed by atoms with van der Waals surface area (Å²) in [6, 6.07) is 17.4. The van der Waals surface area contributed by atoms with Crippen molar-refractivity contribution >= 4 is 11.8 Å². The van der Waals surface area contributed by atoms with Crippen LogP contribution in [0.3, 0.4) is 0 Å². The average Bonchev–Trinajstić information content (AvgIpc) is 3.52. The van der Waals surface area contributed by atoms with Gasteiger partial charge >= 0.3 is 0 Å². The summed E-state index contributed by atoms with van der Waals surface area (Å²) in [7, 11) is 1.62. The van der Waals surface area contributed by atoms with Crippen LogP contribution in [0.2, 0.25) is 0 Å². The summed E-state index contributed by atoms with van der Waals surface area (Å²) in [4.78, 5) is 29.7. The molecule has 0 aliphatic carbocycles. The second-order valence-electron chi connectivity index (χ2n) is 8.09. The van der Waals surface area contributed by atoms with Gasteiger partial charge in [-0.15, -0.1) is 0 Å². The Morgan fingerprint density at radius 2 is 1.88 bits per heavy atom. The molecule has 0 aliphatic rings. The lowest BCUT2D eigenvalue weighted by Gasteiger charge is -2.31. The first-order chi connectivity index (χ1) is 16.0. The molecule has 2 heterocycles. The first-order valence-corrected chi connectivity index (χ1v) is 11.3. The Hall–Kier alpha value is -3.32. The third kappa shape index (κ3) is 6.58. The minimum Gasteiger partial charge on any atom is -0.459 e. The van der Waals surface area contributed by atoms with Crippen molar-refractivity contribution in [3.8, 4) is 0 Å². The van der Waals surface area contributed by atoms with Crippen molar-refractivity contribution in [2.75, 3.05) is 26.8 Å². The molecule has 2 amide bonds. The van der Waals surface area contributed by atoms with Crippen molar-refractivity contribution in [2.24, 2.45) is 0 Å². The van der Waals surface area contributed by atoms with Crippen molar-refractivity contribution in [2.45, 2.75) is 39.4 Å². The zero-order valence-corrected chi connectivity index (χ0v) is 19.6. The molecule has 0 saturated heterocycles. The number of aromatic nitrogens is 1. The molecule has 0 aliphatic heterocycles. The SMILES string of the molecule is CC[C@@H](C)N(CC(=O)N(CCOC)Cc1cccn1Cc1ccccc1)C(=O)c1ccco1. The standard InChI is InChI=1S/C26H33N3O4/c1-4-21(2)29(26(31)24-13-9-16-33-24)20-25(30)28(15-17-32-3)19-23-12-8-14-27(23)18-22-10-6-5-7-11-22/h5-14,16,21H,4,15,17-20H2,1-3H3/t21-/m1/s1. The summed E-state index contributed by atoms with van der Waals surface area (Å²) in [6.45, 7) is 5.94. The maximum Gasteiger partial charge on any atom is 0.290 e. The Morgan fingerprint density at radius 3 is 2.55 bits per heavy atom. The van der Waals surface area contributed by atoms with E-state index in [1.165, 1.54) is 11.8 Å². The van der Waals surface area contributed by atoms with E-state index in [0.29, 0.717) is 19.7 Å². The highest BCUT2D eigenvalue weighted by Gasteiger charge is 2.27. The van der Waals surface area contributed by atoms with Crippen LogP contribution >= 0.6 is 0 Å². The maximum absolute atomic E-state index is 13.4. The summed E-state index contributed by atoms with van der Waals surface area (Å²) in [6.07, 6.45) is 4.22. The summed E-state index contributed by atoms with van der Waals surface area (Å²) in [5, 5.41) is 0. The van der Waals surface area contributed by atoms with E-state index in [-0.39, 0.29) is 30.2 Å². The predicted octanol–water partition coefficient (Wildman–Crippen LogP) is 4.05. The molecule has 0 saturated carbocycles. The fraction of sp³-hybridized carbons (Fsp3) is 0.385. The number of carbonyl (C=O) groups excluding carboxylic acids is 2. The Kier molecular flexibility index (Phi) is 8.89. The van der Waals surface area contributed by atoms with E-state index in [0.717, 1.165) is 18.7 Å². The highest BCUT2D eigenvalue weighted by atomic mass is 16.5. The largest absolute Gasteiger partial charge is 0.459 e. The number of nitrogens with zero attached hydrogens (tertiary/aromatic N) is 3. The van der Waals surface area contributed by atoms with E-state index in [9.17, 15) is 9.59 Å². The number of amides is 2. The van der Waals surface area contributed by atoms with Gasteiger partial charge in [-0.25, -0.2) is 0 Å². The van der Waals surface area contributed by atoms with Gasteiger partial charge in [0.25, 0.3) is 5.91 Å². The van der Waals surface area contributed by atoms with Crippen molar-refractivity contribution in [1.82, 2.24) is 14.4 Å². The minimum absolute atomic E-state index is 0.0162. The molecule has 0 unspecified atom stereocenters. The smallest absolute Gasteiger partial charge is 0.290 e. The van der Waals surface area contributed by atoms with Crippen LogP contribution in [-0.4, -0.2) is 59.0 Å². The van der Waals surface area contributed by atoms with E-state index in [2.05, 4.69) is 16.7 Å². The topological polar surface area (TPSA) is 67.9 Å². The lowest BCUT2D eigenvalue weighted by atomic mass is 10.2. The van der Waals surface area contributed by atoms with Crippen LogP contribution < -0.4 is 0 Å². The molecule has 3 rings (SSSR count). The van der Waals surface area contributed by atoms with Crippen molar-refractivity contribution in [1.29, 1.82) is 0 Å². The molecule has 1 aromatic carbocycles. The highest BCUT2D eigenvalue weighted by molar-refractivity contribution is 5.94. The average molecular weight is 452 g/mol. The van der Waals surface area contributed by atoms with Crippen molar-refractivity contribution in [3.63, 3.8) is 0 Å². The normalized spacial score (nSPS) is 11.8. The lowest BCUT2D eigenvalue weighted by Crippen LogP contribution is -2.47. The molecule has 0 bridgehead atoms. The van der Waals surface area contributed by atoms with E-state index >= 15 is 0 Å². The van der Waals surface area contributed by atoms with Gasteiger partial charge in [-0.2, -0.15) is 0 Å². The second kappa shape index (κ2) is 12.1. The summed E-state index contributed by atoms with van der Waals surface area (Å²) in [5.41, 5.74) is 2.22. The van der Waals surface area contributed by atoms with Gasteiger partial charge < -0.3 is 23.5 Å². The quantitative estimate of drug-likeness (QED) is 0.417. The van der Waals surface area contributed by atoms with Crippen LogP contribution in [0.25, 0.3) is 0 Å². The number of methoxy groups -OCH3 is 1. The van der Waals surface area contributed by atoms with Crippen LogP contribution in [0.15, 0.2) is 71.5 Å². The fourth-order valence-electron chi connectivity index (χ4n) is 3.65. The van der Waals surface area contributed by atoms with Gasteiger partial charge in [0.05, 0.1) is 19.4 Å². The minimum atomic E-state index is -0.276. The van der Waals surface area contributed by atoms with Crippen LogP contribution in [-0.2, 0) is 22.6 Å².